The van der Waals surface area contributed by atoms with E-state index in [1.807, 2.05) is 24.3 Å². The summed E-state index contributed by atoms with van der Waals surface area (Å²) >= 11 is 0. The molecule has 0 unspecified atom stereocenters. The van der Waals surface area contributed by atoms with Crippen LogP contribution in [0.1, 0.15) is 21.5 Å². The molecule has 1 aliphatic carbocycles. The van der Waals surface area contributed by atoms with Crippen LogP contribution in [0, 0.1) is 0 Å². The van der Waals surface area contributed by atoms with Gasteiger partial charge in [-0.2, -0.15) is 0 Å². The first-order valence-corrected chi connectivity index (χ1v) is 5.27. The predicted octanol–water partition coefficient (Wildman–Crippen LogP) is 2.35. The Morgan fingerprint density at radius 1 is 1.00 bits per heavy atom. The molecule has 0 heterocycles. The van der Waals surface area contributed by atoms with Crippen molar-refractivity contribution in [2.75, 3.05) is 0 Å². The molecule has 0 atom stereocenters. The molecule has 17 heavy (non-hydrogen) atoms. The molecule has 2 aromatic rings. The number of primary amides is 1. The maximum absolute atomic E-state index is 11.3. The van der Waals surface area contributed by atoms with Gasteiger partial charge in [0.25, 0.3) is 0 Å². The summed E-state index contributed by atoms with van der Waals surface area (Å²) < 4.78 is 0. The quantitative estimate of drug-likeness (QED) is 0.736. The number of fused-ring (bicyclic) bond motifs is 3. The van der Waals surface area contributed by atoms with Crippen LogP contribution in [-0.2, 0) is 32.6 Å². The van der Waals surface area contributed by atoms with E-state index in [9.17, 15) is 4.79 Å². The molecule has 0 bridgehead atoms. The summed E-state index contributed by atoms with van der Waals surface area (Å²) in [7, 11) is 0. The van der Waals surface area contributed by atoms with E-state index < -0.39 is 0 Å². The molecule has 0 aliphatic heterocycles. The number of rotatable bonds is 1. The second kappa shape index (κ2) is 4.58. The molecule has 3 heteroatoms. The molecule has 0 spiro atoms. The van der Waals surface area contributed by atoms with Gasteiger partial charge in [0.2, 0.25) is 5.91 Å². The summed E-state index contributed by atoms with van der Waals surface area (Å²) in [5.41, 5.74) is 10.7. The van der Waals surface area contributed by atoms with Crippen LogP contribution in [-0.4, -0.2) is 5.91 Å². The molecule has 0 saturated heterocycles. The molecule has 2 aromatic carbocycles. The fraction of sp³-hybridized carbons (Fsp3) is 0.0714. The fourth-order valence-electron chi connectivity index (χ4n) is 2.39. The Bertz CT molecular complexity index is 593. The van der Waals surface area contributed by atoms with E-state index in [1.54, 1.807) is 6.07 Å². The van der Waals surface area contributed by atoms with Crippen molar-refractivity contribution < 1.29 is 31.0 Å². The first-order chi connectivity index (χ1) is 7.77. The minimum absolute atomic E-state index is 0. The second-order valence-corrected chi connectivity index (χ2v) is 4.03. The van der Waals surface area contributed by atoms with Crippen molar-refractivity contribution in [3.05, 3.63) is 59.2 Å². The molecule has 0 fully saturated rings. The van der Waals surface area contributed by atoms with E-state index in [0.29, 0.717) is 5.56 Å². The average molecular weight is 300 g/mol. The van der Waals surface area contributed by atoms with Gasteiger partial charge < -0.3 is 5.73 Å². The van der Waals surface area contributed by atoms with Crippen molar-refractivity contribution in [1.82, 2.24) is 0 Å². The fourth-order valence-corrected chi connectivity index (χ4v) is 2.39. The van der Waals surface area contributed by atoms with Crippen LogP contribution < -0.4 is 5.73 Å². The van der Waals surface area contributed by atoms with E-state index in [0.717, 1.165) is 17.5 Å². The van der Waals surface area contributed by atoms with Gasteiger partial charge in [-0.25, -0.2) is 0 Å². The van der Waals surface area contributed by atoms with Crippen LogP contribution in [0.25, 0.3) is 11.1 Å². The first kappa shape index (κ1) is 12.3. The number of carbonyl (C=O) groups is 1. The molecule has 3 rings (SSSR count). The average Bonchev–Trinajstić information content (AvgIpc) is 2.67. The normalized spacial score (nSPS) is 11.3. The van der Waals surface area contributed by atoms with E-state index in [4.69, 9.17) is 5.73 Å². The maximum atomic E-state index is 11.3. The number of nitrogens with two attached hydrogens (primary N) is 1. The van der Waals surface area contributed by atoms with Gasteiger partial charge in [0.15, 0.2) is 0 Å². The van der Waals surface area contributed by atoms with E-state index in [1.165, 1.54) is 11.1 Å². The summed E-state index contributed by atoms with van der Waals surface area (Å²) in [6, 6.07) is 14.0. The summed E-state index contributed by atoms with van der Waals surface area (Å²) in [6.07, 6.45) is 0.810. The topological polar surface area (TPSA) is 43.1 Å². The number of carbonyl (C=O) groups excluding carboxylic acids is 1. The Morgan fingerprint density at radius 3 is 2.47 bits per heavy atom. The molecule has 2 nitrogen and oxygen atoms in total. The van der Waals surface area contributed by atoms with Crippen molar-refractivity contribution in [3.63, 3.8) is 0 Å². The van der Waals surface area contributed by atoms with E-state index in [-0.39, 0.29) is 32.1 Å². The number of amides is 1. The third-order valence-corrected chi connectivity index (χ3v) is 3.12. The first-order valence-electron chi connectivity index (χ1n) is 5.27. The van der Waals surface area contributed by atoms with Crippen LogP contribution >= 0.6 is 0 Å². The predicted molar refractivity (Wildman–Crippen MR) is 63.2 cm³/mol. The number of hydrogen-bond donors (Lipinski definition) is 1. The van der Waals surface area contributed by atoms with Gasteiger partial charge in [0.1, 0.15) is 0 Å². The maximum Gasteiger partial charge on any atom is 0.249 e. The summed E-state index contributed by atoms with van der Waals surface area (Å²) in [4.78, 5) is 11.3. The van der Waals surface area contributed by atoms with Gasteiger partial charge >= 0.3 is 0 Å². The third-order valence-electron chi connectivity index (χ3n) is 3.12. The Morgan fingerprint density at radius 2 is 1.71 bits per heavy atom. The van der Waals surface area contributed by atoms with E-state index in [2.05, 4.69) is 12.1 Å². The minimum Gasteiger partial charge on any atom is -0.366 e. The van der Waals surface area contributed by atoms with Gasteiger partial charge in [0.05, 0.1) is 0 Å². The Hall–Kier alpha value is -1.21. The van der Waals surface area contributed by atoms with Gasteiger partial charge in [-0.3, -0.25) is 4.79 Å². The van der Waals surface area contributed by atoms with Crippen LogP contribution in [0.2, 0.25) is 0 Å². The monoisotopic (exact) mass is 299 g/mol. The zero-order chi connectivity index (χ0) is 11.1. The van der Waals surface area contributed by atoms with Crippen LogP contribution in [0.4, 0.5) is 0 Å². The molecule has 1 aliphatic rings. The van der Waals surface area contributed by atoms with Crippen molar-refractivity contribution >= 4 is 5.91 Å². The van der Waals surface area contributed by atoms with Crippen molar-refractivity contribution in [2.45, 2.75) is 6.42 Å². The summed E-state index contributed by atoms with van der Waals surface area (Å²) in [6.45, 7) is 0. The molecule has 82 valence electrons. The Kier molecular flexibility index (Phi) is 3.30. The molecular weight excluding hydrogens is 289 g/mol. The van der Waals surface area contributed by atoms with Crippen LogP contribution in [0.15, 0.2) is 42.5 Å². The van der Waals surface area contributed by atoms with Crippen molar-refractivity contribution in [3.8, 4) is 11.1 Å². The number of hydrogen-bond acceptors (Lipinski definition) is 1. The molecule has 0 radical (unpaired) electrons. The standard InChI is InChI=1S/C14H11NO.Zr/c15-14(16)12-7-3-6-11-10-5-2-1-4-9(10)8-13(11)12;/h1-7H,8H2,(H2,15,16);. The van der Waals surface area contributed by atoms with Gasteiger partial charge in [0, 0.05) is 31.8 Å². The number of benzene rings is 2. The molecule has 1 amide bonds. The molecule has 0 aromatic heterocycles. The van der Waals surface area contributed by atoms with Gasteiger partial charge in [-0.1, -0.05) is 36.4 Å². The third kappa shape index (κ3) is 1.89. The van der Waals surface area contributed by atoms with Crippen molar-refractivity contribution in [1.29, 1.82) is 0 Å². The Balaban J connectivity index is 0.00000108. The summed E-state index contributed by atoms with van der Waals surface area (Å²) in [5, 5.41) is 0. The van der Waals surface area contributed by atoms with Gasteiger partial charge in [-0.15, -0.1) is 0 Å². The van der Waals surface area contributed by atoms with Crippen LogP contribution in [0.3, 0.4) is 0 Å². The largest absolute Gasteiger partial charge is 0.366 e. The molecular formula is C14H11NOZr. The van der Waals surface area contributed by atoms with E-state index >= 15 is 0 Å². The molecule has 0 saturated carbocycles. The Labute approximate surface area is 119 Å². The molecule has 2 N–H and O–H groups in total. The zero-order valence-electron chi connectivity index (χ0n) is 9.23. The van der Waals surface area contributed by atoms with Gasteiger partial charge in [-0.05, 0) is 34.7 Å². The van der Waals surface area contributed by atoms with Crippen LogP contribution in [0.5, 0.6) is 0 Å². The SMILES string of the molecule is NC(=O)c1cccc2c1Cc1ccccc1-2.[Zr]. The van der Waals surface area contributed by atoms with Crippen molar-refractivity contribution in [2.24, 2.45) is 5.73 Å². The minimum atomic E-state index is -0.343. The second-order valence-electron chi connectivity index (χ2n) is 4.03. The zero-order valence-corrected chi connectivity index (χ0v) is 11.7. The smallest absolute Gasteiger partial charge is 0.249 e. The summed E-state index contributed by atoms with van der Waals surface area (Å²) in [5.74, 6) is -0.343.